The molecular formula is C10H20N2S. The van der Waals surface area contributed by atoms with Gasteiger partial charge in [0.15, 0.2) is 0 Å². The van der Waals surface area contributed by atoms with E-state index in [4.69, 9.17) is 0 Å². The Labute approximate surface area is 85.4 Å². The first-order chi connectivity index (χ1) is 6.36. The summed E-state index contributed by atoms with van der Waals surface area (Å²) in [6.45, 7) is 4.88. The van der Waals surface area contributed by atoms with Crippen molar-refractivity contribution in [2.75, 3.05) is 24.6 Å². The molecule has 0 aliphatic carbocycles. The van der Waals surface area contributed by atoms with Crippen molar-refractivity contribution < 1.29 is 0 Å². The van der Waals surface area contributed by atoms with Crippen molar-refractivity contribution in [3.8, 4) is 0 Å². The molecule has 13 heavy (non-hydrogen) atoms. The lowest BCUT2D eigenvalue weighted by Crippen LogP contribution is -2.49. The van der Waals surface area contributed by atoms with Crippen molar-refractivity contribution in [3.63, 3.8) is 0 Å². The molecule has 0 aromatic heterocycles. The van der Waals surface area contributed by atoms with Gasteiger partial charge in [0.1, 0.15) is 0 Å². The molecule has 2 fully saturated rings. The molecule has 0 amide bonds. The molecule has 2 atom stereocenters. The number of hydrazine groups is 1. The molecular weight excluding hydrogens is 180 g/mol. The van der Waals surface area contributed by atoms with E-state index in [9.17, 15) is 0 Å². The molecule has 0 aromatic rings. The quantitative estimate of drug-likeness (QED) is 0.731. The smallest absolute Gasteiger partial charge is 0.0339 e. The Morgan fingerprint density at radius 1 is 1.15 bits per heavy atom. The van der Waals surface area contributed by atoms with Crippen LogP contribution in [0.15, 0.2) is 0 Å². The van der Waals surface area contributed by atoms with Gasteiger partial charge in [0.25, 0.3) is 0 Å². The van der Waals surface area contributed by atoms with Gasteiger partial charge in [0, 0.05) is 24.9 Å². The van der Waals surface area contributed by atoms with Gasteiger partial charge in [-0.15, -0.1) is 0 Å². The summed E-state index contributed by atoms with van der Waals surface area (Å²) < 4.78 is 0. The van der Waals surface area contributed by atoms with Crippen LogP contribution in [-0.4, -0.2) is 35.6 Å². The van der Waals surface area contributed by atoms with Crippen LogP contribution in [0.3, 0.4) is 0 Å². The number of nitrogens with one attached hydrogen (secondary N) is 1. The molecule has 76 valence electrons. The van der Waals surface area contributed by atoms with Gasteiger partial charge < -0.3 is 0 Å². The number of hydrogen-bond acceptors (Lipinski definition) is 3. The second-order valence-corrected chi connectivity index (χ2v) is 5.37. The van der Waals surface area contributed by atoms with Gasteiger partial charge in [0.05, 0.1) is 0 Å². The first-order valence-corrected chi connectivity index (χ1v) is 6.60. The lowest BCUT2D eigenvalue weighted by molar-refractivity contribution is 0.123. The van der Waals surface area contributed by atoms with Crippen LogP contribution in [0.25, 0.3) is 0 Å². The van der Waals surface area contributed by atoms with Gasteiger partial charge >= 0.3 is 0 Å². The van der Waals surface area contributed by atoms with Crippen LogP contribution in [0.5, 0.6) is 0 Å². The molecule has 2 heterocycles. The Bertz CT molecular complexity index is 157. The fourth-order valence-electron chi connectivity index (χ4n) is 2.08. The van der Waals surface area contributed by atoms with E-state index in [0.717, 1.165) is 12.0 Å². The van der Waals surface area contributed by atoms with E-state index in [-0.39, 0.29) is 0 Å². The average molecular weight is 200 g/mol. The molecule has 2 saturated heterocycles. The predicted octanol–water partition coefficient (Wildman–Crippen LogP) is 1.73. The van der Waals surface area contributed by atoms with Gasteiger partial charge in [-0.05, 0) is 24.5 Å². The highest BCUT2D eigenvalue weighted by molar-refractivity contribution is 7.99. The third-order valence-corrected chi connectivity index (χ3v) is 4.43. The van der Waals surface area contributed by atoms with E-state index in [1.165, 1.54) is 43.9 Å². The molecule has 2 aliphatic heterocycles. The topological polar surface area (TPSA) is 15.3 Å². The molecule has 2 unspecified atom stereocenters. The lowest BCUT2D eigenvalue weighted by atomic mass is 10.1. The number of rotatable bonds is 2. The third-order valence-electron chi connectivity index (χ3n) is 3.07. The second kappa shape index (κ2) is 4.67. The van der Waals surface area contributed by atoms with E-state index in [2.05, 4.69) is 29.1 Å². The zero-order chi connectivity index (χ0) is 9.10. The summed E-state index contributed by atoms with van der Waals surface area (Å²) >= 11 is 2.09. The fraction of sp³-hybridized carbons (Fsp3) is 1.00. The van der Waals surface area contributed by atoms with E-state index in [1.807, 2.05) is 0 Å². The summed E-state index contributed by atoms with van der Waals surface area (Å²) in [6.07, 6.45) is 4.18. The number of piperidine rings is 1. The summed E-state index contributed by atoms with van der Waals surface area (Å²) in [5, 5.41) is 2.44. The highest BCUT2D eigenvalue weighted by atomic mass is 32.2. The molecule has 2 nitrogen and oxygen atoms in total. The van der Waals surface area contributed by atoms with Crippen LogP contribution in [0, 0.1) is 5.92 Å². The summed E-state index contributed by atoms with van der Waals surface area (Å²) in [4.78, 5) is 0. The van der Waals surface area contributed by atoms with Crippen LogP contribution in [-0.2, 0) is 0 Å². The van der Waals surface area contributed by atoms with Gasteiger partial charge in [-0.3, -0.25) is 5.43 Å². The lowest BCUT2D eigenvalue weighted by Gasteiger charge is -2.31. The number of hydrogen-bond donors (Lipinski definition) is 1. The Hall–Kier alpha value is 0.270. The van der Waals surface area contributed by atoms with Gasteiger partial charge in [-0.1, -0.05) is 13.3 Å². The maximum Gasteiger partial charge on any atom is 0.0339 e. The van der Waals surface area contributed by atoms with Gasteiger partial charge in [-0.2, -0.15) is 11.8 Å². The Morgan fingerprint density at radius 2 is 1.92 bits per heavy atom. The van der Waals surface area contributed by atoms with Crippen molar-refractivity contribution in [3.05, 3.63) is 0 Å². The predicted molar refractivity (Wildman–Crippen MR) is 58.8 cm³/mol. The molecule has 0 aromatic carbocycles. The highest BCUT2D eigenvalue weighted by Gasteiger charge is 2.25. The molecule has 1 N–H and O–H groups in total. The molecule has 3 heteroatoms. The fourth-order valence-corrected chi connectivity index (χ4v) is 3.48. The molecule has 0 spiro atoms. The number of nitrogens with zero attached hydrogens (tertiary/aromatic N) is 1. The van der Waals surface area contributed by atoms with E-state index in [1.54, 1.807) is 0 Å². The molecule has 0 bridgehead atoms. The highest BCUT2D eigenvalue weighted by Crippen LogP contribution is 2.24. The average Bonchev–Trinajstić information content (AvgIpc) is 2.54. The van der Waals surface area contributed by atoms with Crippen molar-refractivity contribution in [2.45, 2.75) is 32.2 Å². The largest absolute Gasteiger partial charge is 0.251 e. The van der Waals surface area contributed by atoms with Crippen LogP contribution < -0.4 is 5.43 Å². The molecule has 2 aliphatic rings. The van der Waals surface area contributed by atoms with Crippen molar-refractivity contribution in [2.24, 2.45) is 5.92 Å². The van der Waals surface area contributed by atoms with E-state index < -0.39 is 0 Å². The minimum absolute atomic E-state index is 0.739. The third kappa shape index (κ3) is 2.61. The van der Waals surface area contributed by atoms with E-state index >= 15 is 0 Å². The minimum Gasteiger partial charge on any atom is -0.251 e. The standard InChI is InChI=1S/C10H20N2S/c1-9-7-13-8-10(9)11-12-5-3-2-4-6-12/h9-11H,2-8H2,1H3. The summed E-state index contributed by atoms with van der Waals surface area (Å²) in [5.74, 6) is 3.50. The van der Waals surface area contributed by atoms with Crippen LogP contribution in [0.1, 0.15) is 26.2 Å². The van der Waals surface area contributed by atoms with Gasteiger partial charge in [-0.25, -0.2) is 5.01 Å². The molecule has 0 saturated carbocycles. The molecule has 0 radical (unpaired) electrons. The SMILES string of the molecule is CC1CSCC1NN1CCCCC1. The summed E-state index contributed by atoms with van der Waals surface area (Å²) in [5.41, 5.74) is 3.68. The van der Waals surface area contributed by atoms with Crippen LogP contribution in [0.4, 0.5) is 0 Å². The minimum atomic E-state index is 0.739. The number of thioether (sulfide) groups is 1. The monoisotopic (exact) mass is 200 g/mol. The first kappa shape index (κ1) is 9.81. The second-order valence-electron chi connectivity index (χ2n) is 4.30. The van der Waals surface area contributed by atoms with Crippen molar-refractivity contribution in [1.29, 1.82) is 0 Å². The van der Waals surface area contributed by atoms with Crippen LogP contribution in [0.2, 0.25) is 0 Å². The zero-order valence-corrected chi connectivity index (χ0v) is 9.28. The molecule has 2 rings (SSSR count). The maximum absolute atomic E-state index is 3.68. The van der Waals surface area contributed by atoms with Crippen molar-refractivity contribution in [1.82, 2.24) is 10.4 Å². The zero-order valence-electron chi connectivity index (χ0n) is 8.46. The Kier molecular flexibility index (Phi) is 3.52. The summed E-state index contributed by atoms with van der Waals surface area (Å²) in [6, 6.07) is 0.739. The van der Waals surface area contributed by atoms with Gasteiger partial charge in [0.2, 0.25) is 0 Å². The van der Waals surface area contributed by atoms with Crippen molar-refractivity contribution >= 4 is 11.8 Å². The maximum atomic E-state index is 3.68. The van der Waals surface area contributed by atoms with E-state index in [0.29, 0.717) is 0 Å². The Morgan fingerprint density at radius 3 is 2.54 bits per heavy atom. The first-order valence-electron chi connectivity index (χ1n) is 5.45. The Balaban J connectivity index is 1.75. The normalized spacial score (nSPS) is 36.7. The summed E-state index contributed by atoms with van der Waals surface area (Å²) in [7, 11) is 0. The van der Waals surface area contributed by atoms with Crippen LogP contribution >= 0.6 is 11.8 Å².